The number of rotatable bonds is 6. The Morgan fingerprint density at radius 2 is 1.86 bits per heavy atom. The molecule has 2 N–H and O–H groups in total. The Morgan fingerprint density at radius 3 is 2.60 bits per heavy atom. The van der Waals surface area contributed by atoms with Crippen LogP contribution in [0.2, 0.25) is 5.02 Å². The summed E-state index contributed by atoms with van der Waals surface area (Å²) >= 11 is 6.55. The van der Waals surface area contributed by atoms with Crippen molar-refractivity contribution in [3.63, 3.8) is 0 Å². The van der Waals surface area contributed by atoms with Gasteiger partial charge in [0.25, 0.3) is 5.91 Å². The summed E-state index contributed by atoms with van der Waals surface area (Å²) in [6.45, 7) is 2.84. The van der Waals surface area contributed by atoms with E-state index in [-0.39, 0.29) is 11.8 Å². The van der Waals surface area contributed by atoms with Crippen molar-refractivity contribution in [2.45, 2.75) is 39.2 Å². The predicted octanol–water partition coefficient (Wildman–Crippen LogP) is 5.90. The van der Waals surface area contributed by atoms with Crippen molar-refractivity contribution in [1.82, 2.24) is 14.9 Å². The molecule has 0 bridgehead atoms. The van der Waals surface area contributed by atoms with Crippen LogP contribution < -0.4 is 5.32 Å². The van der Waals surface area contributed by atoms with Gasteiger partial charge < -0.3 is 15.0 Å². The molecule has 2 aromatic heterocycles. The molecular formula is C28H28ClN3O3. The van der Waals surface area contributed by atoms with Crippen LogP contribution in [0.15, 0.2) is 60.9 Å². The number of aromatic nitrogens is 2. The topological polar surface area (TPSA) is 84.2 Å². The van der Waals surface area contributed by atoms with Gasteiger partial charge in [-0.3, -0.25) is 14.6 Å². The van der Waals surface area contributed by atoms with Crippen molar-refractivity contribution in [1.29, 1.82) is 0 Å². The van der Waals surface area contributed by atoms with Crippen LogP contribution in [-0.4, -0.2) is 33.1 Å². The lowest BCUT2D eigenvalue weighted by molar-refractivity contribution is -0.150. The van der Waals surface area contributed by atoms with Gasteiger partial charge in [0.15, 0.2) is 0 Å². The van der Waals surface area contributed by atoms with Crippen molar-refractivity contribution in [3.05, 3.63) is 77.2 Å². The number of pyridine rings is 1. The van der Waals surface area contributed by atoms with Crippen LogP contribution in [0.25, 0.3) is 21.7 Å². The summed E-state index contributed by atoms with van der Waals surface area (Å²) in [5.41, 5.74) is 1.48. The Labute approximate surface area is 208 Å². The Kier molecular flexibility index (Phi) is 6.24. The van der Waals surface area contributed by atoms with Gasteiger partial charge in [-0.2, -0.15) is 0 Å². The third kappa shape index (κ3) is 4.63. The number of nitrogens with zero attached hydrogens (tertiary/aromatic N) is 2. The minimum absolute atomic E-state index is 0.210. The second kappa shape index (κ2) is 9.34. The molecular weight excluding hydrogens is 462 g/mol. The third-order valence-corrected chi connectivity index (χ3v) is 7.72. The highest BCUT2D eigenvalue weighted by Gasteiger charge is 2.37. The first-order chi connectivity index (χ1) is 16.8. The Morgan fingerprint density at radius 1 is 1.11 bits per heavy atom. The molecule has 0 spiro atoms. The van der Waals surface area contributed by atoms with Crippen molar-refractivity contribution < 1.29 is 14.7 Å². The van der Waals surface area contributed by atoms with Gasteiger partial charge in [0.1, 0.15) is 0 Å². The van der Waals surface area contributed by atoms with Gasteiger partial charge in [-0.05, 0) is 62.1 Å². The summed E-state index contributed by atoms with van der Waals surface area (Å²) in [7, 11) is 0. The Balaban J connectivity index is 1.36. The van der Waals surface area contributed by atoms with Crippen molar-refractivity contribution >= 4 is 45.2 Å². The van der Waals surface area contributed by atoms with E-state index in [1.165, 1.54) is 0 Å². The molecule has 0 aliphatic heterocycles. The zero-order chi connectivity index (χ0) is 24.6. The van der Waals surface area contributed by atoms with Crippen LogP contribution in [0.5, 0.6) is 0 Å². The fourth-order valence-corrected chi connectivity index (χ4v) is 5.31. The number of amides is 1. The maximum Gasteiger partial charge on any atom is 0.309 e. The molecule has 1 saturated carbocycles. The van der Waals surface area contributed by atoms with Crippen LogP contribution in [0.3, 0.4) is 0 Å². The quantitative estimate of drug-likeness (QED) is 0.353. The van der Waals surface area contributed by atoms with E-state index < -0.39 is 11.4 Å². The van der Waals surface area contributed by atoms with Gasteiger partial charge in [-0.25, -0.2) is 0 Å². The van der Waals surface area contributed by atoms with Crippen LogP contribution in [0.1, 0.15) is 48.7 Å². The van der Waals surface area contributed by atoms with Crippen molar-refractivity contribution in [2.75, 3.05) is 6.54 Å². The molecule has 0 saturated heterocycles. The maximum atomic E-state index is 13.3. The smallest absolute Gasteiger partial charge is 0.309 e. The SMILES string of the molecule is CC1(C(=O)O)CCC(CNC(=O)c2c(Cl)ccc3ccn(Cc4cc5ccccc5cn4)c23)CC1. The molecule has 1 amide bonds. The highest BCUT2D eigenvalue weighted by atomic mass is 35.5. The number of carbonyl (C=O) groups excluding carboxylic acids is 1. The number of nitrogens with one attached hydrogen (secondary N) is 1. The second-order valence-electron chi connectivity index (χ2n) is 9.85. The molecule has 0 radical (unpaired) electrons. The minimum Gasteiger partial charge on any atom is -0.481 e. The summed E-state index contributed by atoms with van der Waals surface area (Å²) in [6, 6.07) is 15.8. The molecule has 2 heterocycles. The highest BCUT2D eigenvalue weighted by Crippen LogP contribution is 2.38. The molecule has 6 nitrogen and oxygen atoms in total. The zero-order valence-electron chi connectivity index (χ0n) is 19.6. The van der Waals surface area contributed by atoms with E-state index in [2.05, 4.69) is 22.4 Å². The lowest BCUT2D eigenvalue weighted by atomic mass is 9.72. The van der Waals surface area contributed by atoms with Crippen LogP contribution in [-0.2, 0) is 11.3 Å². The minimum atomic E-state index is -0.736. The van der Waals surface area contributed by atoms with Crippen LogP contribution in [0, 0.1) is 11.3 Å². The number of benzene rings is 2. The van der Waals surface area contributed by atoms with Crippen molar-refractivity contribution in [2.24, 2.45) is 11.3 Å². The van der Waals surface area contributed by atoms with Crippen LogP contribution in [0.4, 0.5) is 0 Å². The Hall–Kier alpha value is -3.38. The van der Waals surface area contributed by atoms with E-state index >= 15 is 0 Å². The standard InChI is InChI=1S/C28H28ClN3O3/c1-28(27(34)35)11-8-18(9-12-28)15-31-26(33)24-23(29)7-6-19-10-13-32(25(19)24)17-22-14-20-4-2-3-5-21(20)16-30-22/h2-7,10,13-14,16,18H,8-9,11-12,15,17H2,1H3,(H,31,33)(H,34,35). The normalized spacial score (nSPS) is 20.2. The van der Waals surface area contributed by atoms with E-state index in [0.717, 1.165) is 40.2 Å². The van der Waals surface area contributed by atoms with E-state index in [1.807, 2.05) is 54.2 Å². The molecule has 2 aromatic carbocycles. The molecule has 0 unspecified atom stereocenters. The summed E-state index contributed by atoms with van der Waals surface area (Å²) in [5.74, 6) is -0.684. The number of carboxylic acids is 1. The Bertz CT molecular complexity index is 1420. The molecule has 180 valence electrons. The third-order valence-electron chi connectivity index (χ3n) is 7.40. The number of aliphatic carboxylic acids is 1. The molecule has 1 fully saturated rings. The lowest BCUT2D eigenvalue weighted by Crippen LogP contribution is -2.37. The summed E-state index contributed by atoms with van der Waals surface area (Å²) in [5, 5.41) is 16.1. The van der Waals surface area contributed by atoms with Crippen molar-refractivity contribution in [3.8, 4) is 0 Å². The second-order valence-corrected chi connectivity index (χ2v) is 10.3. The van der Waals surface area contributed by atoms with E-state index in [9.17, 15) is 14.7 Å². The van der Waals surface area contributed by atoms with Gasteiger partial charge in [0.2, 0.25) is 0 Å². The van der Waals surface area contributed by atoms with Crippen LogP contribution >= 0.6 is 11.6 Å². The molecule has 1 aliphatic rings. The fourth-order valence-electron chi connectivity index (χ4n) is 5.07. The molecule has 7 heteroatoms. The monoisotopic (exact) mass is 489 g/mol. The average Bonchev–Trinajstić information content (AvgIpc) is 3.25. The summed E-state index contributed by atoms with van der Waals surface area (Å²) in [4.78, 5) is 29.4. The van der Waals surface area contributed by atoms with Gasteiger partial charge >= 0.3 is 5.97 Å². The zero-order valence-corrected chi connectivity index (χ0v) is 20.4. The van der Waals surface area contributed by atoms with Gasteiger partial charge in [0.05, 0.1) is 33.8 Å². The molecule has 4 aromatic rings. The molecule has 0 atom stereocenters. The van der Waals surface area contributed by atoms with Gasteiger partial charge in [-0.1, -0.05) is 41.9 Å². The highest BCUT2D eigenvalue weighted by molar-refractivity contribution is 6.35. The number of carbonyl (C=O) groups is 2. The number of carboxylic acid groups (broad SMARTS) is 1. The first-order valence-corrected chi connectivity index (χ1v) is 12.3. The number of halogens is 1. The number of hydrogen-bond donors (Lipinski definition) is 2. The van der Waals surface area contributed by atoms with E-state index in [1.54, 1.807) is 6.07 Å². The van der Waals surface area contributed by atoms with Gasteiger partial charge in [-0.15, -0.1) is 0 Å². The number of hydrogen-bond acceptors (Lipinski definition) is 3. The first kappa shape index (κ1) is 23.4. The van der Waals surface area contributed by atoms with Gasteiger partial charge in [0, 0.05) is 29.7 Å². The molecule has 5 rings (SSSR count). The largest absolute Gasteiger partial charge is 0.481 e. The average molecular weight is 490 g/mol. The predicted molar refractivity (Wildman–Crippen MR) is 138 cm³/mol. The van der Waals surface area contributed by atoms with E-state index in [0.29, 0.717) is 36.5 Å². The first-order valence-electron chi connectivity index (χ1n) is 12.0. The lowest BCUT2D eigenvalue weighted by Gasteiger charge is -2.33. The fraction of sp³-hybridized carbons (Fsp3) is 0.321. The molecule has 1 aliphatic carbocycles. The van der Waals surface area contributed by atoms with E-state index in [4.69, 9.17) is 11.6 Å². The maximum absolute atomic E-state index is 13.3. The number of fused-ring (bicyclic) bond motifs is 2. The summed E-state index contributed by atoms with van der Waals surface area (Å²) in [6.07, 6.45) is 6.65. The molecule has 35 heavy (non-hydrogen) atoms. The summed E-state index contributed by atoms with van der Waals surface area (Å²) < 4.78 is 2.02.